The van der Waals surface area contributed by atoms with E-state index < -0.39 is 36.4 Å². The molecule has 1 aliphatic carbocycles. The molecule has 0 atom stereocenters. The van der Waals surface area contributed by atoms with Gasteiger partial charge in [-0.15, -0.1) is 0 Å². The van der Waals surface area contributed by atoms with Gasteiger partial charge in [-0.2, -0.15) is 26.3 Å². The molecule has 0 amide bonds. The van der Waals surface area contributed by atoms with Crippen molar-refractivity contribution >= 4 is 5.97 Å². The molecule has 144 valence electrons. The maximum atomic E-state index is 12.8. The van der Waals surface area contributed by atoms with Gasteiger partial charge >= 0.3 is 23.9 Å². The van der Waals surface area contributed by atoms with Crippen LogP contribution in [0.25, 0.3) is 11.1 Å². The molecule has 3 rings (SSSR count). The molecule has 3 nitrogen and oxygen atoms in total. The SMILES string of the molecule is O=C(OCC1c2ccccc2-c2ccccc21)C(O)(C(F)(F)F)C(F)(F)F. The number of ether oxygens (including phenoxy) is 1. The number of carbonyl (C=O) groups is 1. The van der Waals surface area contributed by atoms with Crippen molar-refractivity contribution in [3.63, 3.8) is 0 Å². The van der Waals surface area contributed by atoms with E-state index in [-0.39, 0.29) is 0 Å². The van der Waals surface area contributed by atoms with Crippen molar-refractivity contribution in [2.45, 2.75) is 23.9 Å². The predicted molar refractivity (Wildman–Crippen MR) is 81.7 cm³/mol. The van der Waals surface area contributed by atoms with E-state index >= 15 is 0 Å². The minimum atomic E-state index is -6.27. The highest BCUT2D eigenvalue weighted by atomic mass is 19.4. The lowest BCUT2D eigenvalue weighted by Gasteiger charge is -2.30. The monoisotopic (exact) mass is 390 g/mol. The lowest BCUT2D eigenvalue weighted by molar-refractivity contribution is -0.357. The zero-order chi connectivity index (χ0) is 20.0. The summed E-state index contributed by atoms with van der Waals surface area (Å²) >= 11 is 0. The Labute approximate surface area is 149 Å². The van der Waals surface area contributed by atoms with E-state index in [0.717, 1.165) is 11.1 Å². The second-order valence-corrected chi connectivity index (χ2v) is 6.03. The second-order valence-electron chi connectivity index (χ2n) is 6.03. The zero-order valence-corrected chi connectivity index (χ0v) is 13.4. The van der Waals surface area contributed by atoms with Crippen LogP contribution in [-0.4, -0.2) is 35.6 Å². The van der Waals surface area contributed by atoms with Crippen molar-refractivity contribution in [3.8, 4) is 11.1 Å². The minimum absolute atomic E-state index is 0.606. The number of benzene rings is 2. The van der Waals surface area contributed by atoms with E-state index in [2.05, 4.69) is 4.74 Å². The number of halogens is 6. The number of hydrogen-bond donors (Lipinski definition) is 1. The molecule has 0 saturated carbocycles. The van der Waals surface area contributed by atoms with Gasteiger partial charge in [-0.25, -0.2) is 4.79 Å². The Morgan fingerprint density at radius 1 is 0.852 bits per heavy atom. The normalized spacial score (nSPS) is 14.6. The Bertz CT molecular complexity index is 812. The van der Waals surface area contributed by atoms with Gasteiger partial charge in [0.15, 0.2) is 0 Å². The Morgan fingerprint density at radius 2 is 1.26 bits per heavy atom. The summed E-state index contributed by atoms with van der Waals surface area (Å²) in [7, 11) is 0. The number of aliphatic hydroxyl groups is 1. The highest BCUT2D eigenvalue weighted by Crippen LogP contribution is 2.46. The molecule has 0 spiro atoms. The van der Waals surface area contributed by atoms with Crippen LogP contribution in [0.1, 0.15) is 17.0 Å². The van der Waals surface area contributed by atoms with Gasteiger partial charge in [0.1, 0.15) is 6.61 Å². The van der Waals surface area contributed by atoms with E-state index in [9.17, 15) is 31.1 Å². The molecular weight excluding hydrogens is 378 g/mol. The molecule has 0 saturated heterocycles. The Kier molecular flexibility index (Phi) is 4.46. The third kappa shape index (κ3) is 2.95. The first-order valence-corrected chi connectivity index (χ1v) is 7.69. The van der Waals surface area contributed by atoms with Gasteiger partial charge < -0.3 is 9.84 Å². The maximum absolute atomic E-state index is 12.8. The highest BCUT2D eigenvalue weighted by Gasteiger charge is 2.76. The van der Waals surface area contributed by atoms with Gasteiger partial charge in [0, 0.05) is 5.92 Å². The molecule has 27 heavy (non-hydrogen) atoms. The van der Waals surface area contributed by atoms with Gasteiger partial charge in [0.2, 0.25) is 0 Å². The number of rotatable bonds is 3. The van der Waals surface area contributed by atoms with Crippen molar-refractivity contribution in [2.24, 2.45) is 0 Å². The number of hydrogen-bond acceptors (Lipinski definition) is 3. The van der Waals surface area contributed by atoms with E-state index in [1.165, 1.54) is 0 Å². The molecule has 0 aromatic heterocycles. The number of carbonyl (C=O) groups excluding carboxylic acids is 1. The van der Waals surface area contributed by atoms with Gasteiger partial charge in [-0.3, -0.25) is 0 Å². The first-order valence-electron chi connectivity index (χ1n) is 7.69. The van der Waals surface area contributed by atoms with E-state index in [0.29, 0.717) is 11.1 Å². The number of fused-ring (bicyclic) bond motifs is 3. The average Bonchev–Trinajstić information content (AvgIpc) is 2.91. The summed E-state index contributed by atoms with van der Waals surface area (Å²) in [5, 5.41) is 9.09. The summed E-state index contributed by atoms with van der Waals surface area (Å²) in [5.41, 5.74) is -2.88. The molecule has 0 bridgehead atoms. The molecule has 1 aliphatic rings. The first-order chi connectivity index (χ1) is 12.5. The molecule has 2 aromatic rings. The highest BCUT2D eigenvalue weighted by molar-refractivity contribution is 5.82. The van der Waals surface area contributed by atoms with E-state index in [4.69, 9.17) is 5.11 Å². The summed E-state index contributed by atoms with van der Waals surface area (Å²) in [6.07, 6.45) is -12.5. The van der Waals surface area contributed by atoms with Crippen LogP contribution in [0.4, 0.5) is 26.3 Å². The molecule has 0 radical (unpaired) electrons. The van der Waals surface area contributed by atoms with Crippen LogP contribution >= 0.6 is 0 Å². The largest absolute Gasteiger partial charge is 0.462 e. The van der Waals surface area contributed by atoms with Gasteiger partial charge in [0.25, 0.3) is 0 Å². The summed E-state index contributed by atoms with van der Waals surface area (Å²) in [5.74, 6) is -3.54. The second kappa shape index (κ2) is 6.26. The first kappa shape index (κ1) is 19.2. The fourth-order valence-electron chi connectivity index (χ4n) is 3.10. The van der Waals surface area contributed by atoms with Crippen molar-refractivity contribution in [1.82, 2.24) is 0 Å². The molecule has 1 N–H and O–H groups in total. The summed E-state index contributed by atoms with van der Waals surface area (Å²) < 4.78 is 80.9. The Balaban J connectivity index is 1.90. The topological polar surface area (TPSA) is 46.5 Å². The van der Waals surface area contributed by atoms with Gasteiger partial charge in [-0.1, -0.05) is 48.5 Å². The molecule has 2 aromatic carbocycles. The number of esters is 1. The van der Waals surface area contributed by atoms with Crippen LogP contribution < -0.4 is 0 Å². The van der Waals surface area contributed by atoms with E-state index in [1.54, 1.807) is 48.5 Å². The fourth-order valence-corrected chi connectivity index (χ4v) is 3.10. The lowest BCUT2D eigenvalue weighted by Crippen LogP contribution is -2.63. The molecule has 9 heteroatoms. The quantitative estimate of drug-likeness (QED) is 0.631. The van der Waals surface area contributed by atoms with Crippen LogP contribution in [0.15, 0.2) is 48.5 Å². The molecule has 0 aliphatic heterocycles. The van der Waals surface area contributed by atoms with Crippen LogP contribution in [0.2, 0.25) is 0 Å². The summed E-state index contributed by atoms with van der Waals surface area (Å²) in [6, 6.07) is 13.6. The molecule has 0 unspecified atom stereocenters. The zero-order valence-electron chi connectivity index (χ0n) is 13.4. The van der Waals surface area contributed by atoms with Crippen LogP contribution in [0, 0.1) is 0 Å². The molecular formula is C18H12F6O3. The standard InChI is InChI=1S/C18H12F6O3/c19-17(20,21)16(26,18(22,23)24)15(25)27-9-14-12-7-3-1-5-10(12)11-6-2-4-8-13(11)14/h1-8,14,26H,9H2. The summed E-state index contributed by atoms with van der Waals surface area (Å²) in [6.45, 7) is -0.776. The summed E-state index contributed by atoms with van der Waals surface area (Å²) in [4.78, 5) is 11.6. The van der Waals surface area contributed by atoms with Crippen molar-refractivity contribution in [2.75, 3.05) is 6.61 Å². The third-order valence-electron chi connectivity index (χ3n) is 4.46. The minimum Gasteiger partial charge on any atom is -0.462 e. The molecule has 0 heterocycles. The Morgan fingerprint density at radius 3 is 1.67 bits per heavy atom. The number of alkyl halides is 6. The average molecular weight is 390 g/mol. The molecule has 0 fully saturated rings. The van der Waals surface area contributed by atoms with Crippen LogP contribution in [-0.2, 0) is 9.53 Å². The van der Waals surface area contributed by atoms with Crippen LogP contribution in [0.3, 0.4) is 0 Å². The Hall–Kier alpha value is -2.55. The van der Waals surface area contributed by atoms with Gasteiger partial charge in [0.05, 0.1) is 0 Å². The van der Waals surface area contributed by atoms with Crippen molar-refractivity contribution in [1.29, 1.82) is 0 Å². The van der Waals surface area contributed by atoms with Crippen molar-refractivity contribution in [3.05, 3.63) is 59.7 Å². The van der Waals surface area contributed by atoms with E-state index in [1.807, 2.05) is 0 Å². The predicted octanol–water partition coefficient (Wildman–Crippen LogP) is 4.20. The third-order valence-corrected chi connectivity index (χ3v) is 4.46. The van der Waals surface area contributed by atoms with Gasteiger partial charge in [-0.05, 0) is 22.3 Å². The fraction of sp³-hybridized carbons (Fsp3) is 0.278. The lowest BCUT2D eigenvalue weighted by atomic mass is 9.97. The smallest absolute Gasteiger partial charge is 0.437 e. The van der Waals surface area contributed by atoms with Crippen LogP contribution in [0.5, 0.6) is 0 Å². The van der Waals surface area contributed by atoms with Crippen molar-refractivity contribution < 1.29 is 41.0 Å². The maximum Gasteiger partial charge on any atom is 0.437 e.